The summed E-state index contributed by atoms with van der Waals surface area (Å²) in [5, 5.41) is 4.19. The maximum absolute atomic E-state index is 12.9. The lowest BCUT2D eigenvalue weighted by atomic mass is 9.98. The molecule has 4 heterocycles. The molecule has 6 heteroatoms. The minimum atomic E-state index is -0.462. The molecule has 0 bridgehead atoms. The van der Waals surface area contributed by atoms with Crippen LogP contribution in [-0.2, 0) is 20.7 Å². The lowest BCUT2D eigenvalue weighted by Gasteiger charge is -2.38. The fourth-order valence-electron chi connectivity index (χ4n) is 3.12. The Bertz CT molecular complexity index is 646. The molecule has 2 unspecified atom stereocenters. The number of carbonyl (C=O) groups excluding carboxylic acids is 1. The molecule has 2 aliphatic heterocycles. The van der Waals surface area contributed by atoms with Crippen molar-refractivity contribution in [3.63, 3.8) is 0 Å². The summed E-state index contributed by atoms with van der Waals surface area (Å²) < 4.78 is 11.0. The van der Waals surface area contributed by atoms with Crippen molar-refractivity contribution in [1.29, 1.82) is 0 Å². The van der Waals surface area contributed by atoms with Gasteiger partial charge in [0.25, 0.3) is 5.91 Å². The van der Waals surface area contributed by atoms with Crippen LogP contribution in [0, 0.1) is 0 Å². The summed E-state index contributed by atoms with van der Waals surface area (Å²) in [4.78, 5) is 17.5. The highest BCUT2D eigenvalue weighted by Gasteiger charge is 2.37. The summed E-state index contributed by atoms with van der Waals surface area (Å²) in [5.74, 6) is 0.0509. The van der Waals surface area contributed by atoms with Gasteiger partial charge in [-0.1, -0.05) is 6.07 Å². The topological polar surface area (TPSA) is 38.8 Å². The molecule has 22 heavy (non-hydrogen) atoms. The number of hydrogen-bond acceptors (Lipinski definition) is 5. The molecule has 0 spiro atoms. The summed E-state index contributed by atoms with van der Waals surface area (Å²) in [6, 6.07) is 6.33. The van der Waals surface area contributed by atoms with Gasteiger partial charge in [0.15, 0.2) is 6.10 Å². The number of carbonyl (C=O) groups is 1. The van der Waals surface area contributed by atoms with Gasteiger partial charge in [-0.2, -0.15) is 0 Å². The molecule has 116 valence electrons. The Morgan fingerprint density at radius 3 is 2.95 bits per heavy atom. The van der Waals surface area contributed by atoms with Gasteiger partial charge in [-0.15, -0.1) is 22.7 Å². The number of ether oxygens (including phenoxy) is 2. The molecule has 1 saturated heterocycles. The van der Waals surface area contributed by atoms with Crippen molar-refractivity contribution >= 4 is 28.6 Å². The van der Waals surface area contributed by atoms with Crippen molar-refractivity contribution in [1.82, 2.24) is 4.90 Å². The van der Waals surface area contributed by atoms with E-state index in [0.29, 0.717) is 19.8 Å². The van der Waals surface area contributed by atoms with Gasteiger partial charge in [0.05, 0.1) is 25.9 Å². The van der Waals surface area contributed by atoms with E-state index in [1.54, 1.807) is 22.7 Å². The van der Waals surface area contributed by atoms with Gasteiger partial charge in [0.2, 0.25) is 0 Å². The van der Waals surface area contributed by atoms with E-state index >= 15 is 0 Å². The van der Waals surface area contributed by atoms with E-state index in [9.17, 15) is 4.79 Å². The molecule has 1 fully saturated rings. The number of thiophene rings is 2. The van der Waals surface area contributed by atoms with Crippen molar-refractivity contribution in [2.24, 2.45) is 0 Å². The van der Waals surface area contributed by atoms with Crippen LogP contribution in [0.1, 0.15) is 21.4 Å². The summed E-state index contributed by atoms with van der Waals surface area (Å²) >= 11 is 3.49. The van der Waals surface area contributed by atoms with Gasteiger partial charge in [-0.25, -0.2) is 0 Å². The molecular formula is C16H17NO3S2. The summed E-state index contributed by atoms with van der Waals surface area (Å²) in [7, 11) is 0. The number of fused-ring (bicyclic) bond motifs is 1. The third kappa shape index (κ3) is 2.50. The maximum Gasteiger partial charge on any atom is 0.254 e. The zero-order chi connectivity index (χ0) is 14.9. The number of hydrogen-bond donors (Lipinski definition) is 0. The average molecular weight is 335 g/mol. The standard InChI is InChI=1S/C16H17NO3S2/c18-16(12-10-19-6-7-20-12)17-5-3-13-11(4-9-22-13)15(17)14-2-1-8-21-14/h1-2,4,8-9,12,15H,3,5-7,10H2. The average Bonchev–Trinajstić information content (AvgIpc) is 3.25. The first-order valence-corrected chi connectivity index (χ1v) is 9.20. The van der Waals surface area contributed by atoms with Crippen LogP contribution in [-0.4, -0.2) is 43.3 Å². The maximum atomic E-state index is 12.9. The highest BCUT2D eigenvalue weighted by atomic mass is 32.1. The lowest BCUT2D eigenvalue weighted by molar-refractivity contribution is -0.159. The second kappa shape index (κ2) is 6.12. The molecule has 4 rings (SSSR count). The van der Waals surface area contributed by atoms with Crippen LogP contribution in [0.2, 0.25) is 0 Å². The Hall–Kier alpha value is -1.21. The Morgan fingerprint density at radius 1 is 1.23 bits per heavy atom. The molecule has 2 atom stereocenters. The van der Waals surface area contributed by atoms with Crippen molar-refractivity contribution in [2.45, 2.75) is 18.6 Å². The number of amides is 1. The fourth-order valence-corrected chi connectivity index (χ4v) is 4.88. The Kier molecular flexibility index (Phi) is 4.00. The smallest absolute Gasteiger partial charge is 0.254 e. The quantitative estimate of drug-likeness (QED) is 0.847. The third-order valence-corrected chi connectivity index (χ3v) is 6.07. The first-order chi connectivity index (χ1) is 10.8. The molecule has 0 N–H and O–H groups in total. The van der Waals surface area contributed by atoms with Crippen molar-refractivity contribution in [3.05, 3.63) is 44.3 Å². The van der Waals surface area contributed by atoms with E-state index in [2.05, 4.69) is 22.9 Å². The van der Waals surface area contributed by atoms with Crippen molar-refractivity contribution < 1.29 is 14.3 Å². The van der Waals surface area contributed by atoms with Crippen molar-refractivity contribution in [3.8, 4) is 0 Å². The van der Waals surface area contributed by atoms with Crippen molar-refractivity contribution in [2.75, 3.05) is 26.4 Å². The summed E-state index contributed by atoms with van der Waals surface area (Å²) in [5.41, 5.74) is 1.27. The summed E-state index contributed by atoms with van der Waals surface area (Å²) in [6.07, 6.45) is 0.463. The molecule has 0 aliphatic carbocycles. The molecule has 0 aromatic carbocycles. The summed E-state index contributed by atoms with van der Waals surface area (Å²) in [6.45, 7) is 2.18. The van der Waals surface area contributed by atoms with E-state index < -0.39 is 6.10 Å². The SMILES string of the molecule is O=C(C1COCCO1)N1CCc2sccc2C1c1cccs1. The zero-order valence-corrected chi connectivity index (χ0v) is 13.7. The second-order valence-electron chi connectivity index (χ2n) is 5.43. The highest BCUT2D eigenvalue weighted by Crippen LogP contribution is 2.39. The van der Waals surface area contributed by atoms with Crippen LogP contribution < -0.4 is 0 Å². The Balaban J connectivity index is 1.67. The first-order valence-electron chi connectivity index (χ1n) is 7.44. The molecule has 1 amide bonds. The van der Waals surface area contributed by atoms with E-state index in [4.69, 9.17) is 9.47 Å². The molecule has 4 nitrogen and oxygen atoms in total. The lowest BCUT2D eigenvalue weighted by Crippen LogP contribution is -2.48. The molecule has 0 radical (unpaired) electrons. The van der Waals surface area contributed by atoms with Crippen LogP contribution in [0.3, 0.4) is 0 Å². The van der Waals surface area contributed by atoms with E-state index in [1.165, 1.54) is 15.3 Å². The van der Waals surface area contributed by atoms with Gasteiger partial charge < -0.3 is 14.4 Å². The molecular weight excluding hydrogens is 318 g/mol. The van der Waals surface area contributed by atoms with Gasteiger partial charge in [-0.05, 0) is 34.9 Å². The molecule has 2 aliphatic rings. The van der Waals surface area contributed by atoms with Crippen LogP contribution in [0.5, 0.6) is 0 Å². The normalized spacial score (nSPS) is 25.0. The van der Waals surface area contributed by atoms with Gasteiger partial charge >= 0.3 is 0 Å². The van der Waals surface area contributed by atoms with Gasteiger partial charge in [-0.3, -0.25) is 4.79 Å². The zero-order valence-electron chi connectivity index (χ0n) is 12.1. The van der Waals surface area contributed by atoms with Gasteiger partial charge in [0.1, 0.15) is 0 Å². The monoisotopic (exact) mass is 335 g/mol. The van der Waals surface area contributed by atoms with Crippen LogP contribution in [0.25, 0.3) is 0 Å². The Morgan fingerprint density at radius 2 is 2.18 bits per heavy atom. The number of nitrogens with zero attached hydrogens (tertiary/aromatic N) is 1. The van der Waals surface area contributed by atoms with Crippen LogP contribution in [0.15, 0.2) is 29.0 Å². The largest absolute Gasteiger partial charge is 0.376 e. The third-order valence-electron chi connectivity index (χ3n) is 4.15. The predicted molar refractivity (Wildman–Crippen MR) is 86.5 cm³/mol. The predicted octanol–water partition coefficient (Wildman–Crippen LogP) is 2.70. The molecule has 2 aromatic heterocycles. The second-order valence-corrected chi connectivity index (χ2v) is 7.41. The Labute approximate surface area is 137 Å². The van der Waals surface area contributed by atoms with E-state index in [0.717, 1.165) is 13.0 Å². The number of rotatable bonds is 2. The highest BCUT2D eigenvalue weighted by molar-refractivity contribution is 7.10. The minimum absolute atomic E-state index is 0.0213. The first kappa shape index (κ1) is 14.4. The minimum Gasteiger partial charge on any atom is -0.376 e. The van der Waals surface area contributed by atoms with Gasteiger partial charge in [0, 0.05) is 16.3 Å². The fraction of sp³-hybridized carbons (Fsp3) is 0.438. The molecule has 2 aromatic rings. The van der Waals surface area contributed by atoms with Crippen LogP contribution >= 0.6 is 22.7 Å². The molecule has 0 saturated carbocycles. The van der Waals surface area contributed by atoms with E-state index in [1.807, 2.05) is 11.0 Å². The van der Waals surface area contributed by atoms with Crippen LogP contribution in [0.4, 0.5) is 0 Å². The van der Waals surface area contributed by atoms with E-state index in [-0.39, 0.29) is 11.9 Å².